The number of nitrogens with one attached hydrogen (secondary N) is 1. The molecule has 0 spiro atoms. The van der Waals surface area contributed by atoms with E-state index in [1.54, 1.807) is 0 Å². The van der Waals surface area contributed by atoms with Crippen molar-refractivity contribution in [1.82, 2.24) is 14.9 Å². The van der Waals surface area contributed by atoms with E-state index in [1.807, 2.05) is 39.1 Å². The number of ether oxygens (including phenoxy) is 2. The van der Waals surface area contributed by atoms with Gasteiger partial charge >= 0.3 is 0 Å². The summed E-state index contributed by atoms with van der Waals surface area (Å²) in [4.78, 5) is 4.62. The van der Waals surface area contributed by atoms with Crippen LogP contribution in [0.2, 0.25) is 0 Å². The molecule has 1 N–H and O–H groups in total. The lowest BCUT2D eigenvalue weighted by Crippen LogP contribution is -2.31. The van der Waals surface area contributed by atoms with E-state index in [1.165, 1.54) is 0 Å². The molecular weight excluding hydrogens is 254 g/mol. The standard InChI is InChI=1S/C15H23N3O2/c1-4-19-15(20-5-2)11-16-10-14-17-12-8-6-7-9-13(12)18(14)3/h6-9,15-16H,4-5,10-11H2,1-3H3. The first kappa shape index (κ1) is 15.0. The fourth-order valence-corrected chi connectivity index (χ4v) is 2.19. The summed E-state index contributed by atoms with van der Waals surface area (Å²) in [6, 6.07) is 8.14. The van der Waals surface area contributed by atoms with Crippen LogP contribution in [0.3, 0.4) is 0 Å². The number of aryl methyl sites for hydroxylation is 1. The highest BCUT2D eigenvalue weighted by Crippen LogP contribution is 2.13. The van der Waals surface area contributed by atoms with E-state index >= 15 is 0 Å². The van der Waals surface area contributed by atoms with Gasteiger partial charge in [0.25, 0.3) is 0 Å². The molecule has 0 saturated carbocycles. The molecular formula is C15H23N3O2. The summed E-state index contributed by atoms with van der Waals surface area (Å²) < 4.78 is 13.1. The molecule has 20 heavy (non-hydrogen) atoms. The summed E-state index contributed by atoms with van der Waals surface area (Å²) in [5.74, 6) is 1.01. The van der Waals surface area contributed by atoms with E-state index in [2.05, 4.69) is 20.9 Å². The molecule has 0 radical (unpaired) electrons. The molecule has 0 unspecified atom stereocenters. The van der Waals surface area contributed by atoms with Crippen LogP contribution in [0.25, 0.3) is 11.0 Å². The first-order chi connectivity index (χ1) is 9.76. The average Bonchev–Trinajstić information content (AvgIpc) is 2.77. The number of fused-ring (bicyclic) bond motifs is 1. The van der Waals surface area contributed by atoms with Crippen molar-refractivity contribution in [2.45, 2.75) is 26.7 Å². The van der Waals surface area contributed by atoms with Gasteiger partial charge in [-0.2, -0.15) is 0 Å². The number of nitrogens with zero attached hydrogens (tertiary/aromatic N) is 2. The third-order valence-electron chi connectivity index (χ3n) is 3.18. The normalized spacial score (nSPS) is 11.6. The maximum Gasteiger partial charge on any atom is 0.169 e. The highest BCUT2D eigenvalue weighted by molar-refractivity contribution is 5.75. The minimum atomic E-state index is -0.195. The Balaban J connectivity index is 1.93. The van der Waals surface area contributed by atoms with E-state index in [0.29, 0.717) is 26.3 Å². The minimum Gasteiger partial charge on any atom is -0.352 e. The van der Waals surface area contributed by atoms with Crippen LogP contribution in [0.15, 0.2) is 24.3 Å². The Bertz CT molecular complexity index is 533. The van der Waals surface area contributed by atoms with Gasteiger partial charge in [0, 0.05) is 26.8 Å². The van der Waals surface area contributed by atoms with Gasteiger partial charge in [0.1, 0.15) is 5.82 Å². The van der Waals surface area contributed by atoms with Gasteiger partial charge in [-0.15, -0.1) is 0 Å². The van der Waals surface area contributed by atoms with Gasteiger partial charge in [-0.05, 0) is 26.0 Å². The van der Waals surface area contributed by atoms with E-state index < -0.39 is 0 Å². The van der Waals surface area contributed by atoms with Crippen LogP contribution in [-0.2, 0) is 23.1 Å². The maximum atomic E-state index is 5.50. The zero-order valence-electron chi connectivity index (χ0n) is 12.4. The van der Waals surface area contributed by atoms with Crippen LogP contribution in [0, 0.1) is 0 Å². The second-order valence-corrected chi connectivity index (χ2v) is 4.55. The van der Waals surface area contributed by atoms with Gasteiger partial charge in [-0.1, -0.05) is 12.1 Å². The lowest BCUT2D eigenvalue weighted by molar-refractivity contribution is -0.133. The summed E-state index contributed by atoms with van der Waals surface area (Å²) in [5.41, 5.74) is 2.17. The largest absolute Gasteiger partial charge is 0.352 e. The zero-order valence-corrected chi connectivity index (χ0v) is 12.4. The number of hydrogen-bond acceptors (Lipinski definition) is 4. The average molecular weight is 277 g/mol. The molecule has 1 aromatic carbocycles. The molecule has 0 fully saturated rings. The van der Waals surface area contributed by atoms with Crippen molar-refractivity contribution in [3.05, 3.63) is 30.1 Å². The summed E-state index contributed by atoms with van der Waals surface area (Å²) in [5, 5.41) is 3.34. The van der Waals surface area contributed by atoms with Gasteiger partial charge in [0.15, 0.2) is 6.29 Å². The molecule has 5 nitrogen and oxygen atoms in total. The second-order valence-electron chi connectivity index (χ2n) is 4.55. The van der Waals surface area contributed by atoms with Crippen LogP contribution >= 0.6 is 0 Å². The SMILES string of the molecule is CCOC(CNCc1nc2ccccc2n1C)OCC. The predicted molar refractivity (Wildman–Crippen MR) is 79.5 cm³/mol. The van der Waals surface area contributed by atoms with Gasteiger partial charge in [0.05, 0.1) is 17.6 Å². The smallest absolute Gasteiger partial charge is 0.169 e. The monoisotopic (exact) mass is 277 g/mol. The van der Waals surface area contributed by atoms with Crippen LogP contribution in [0.1, 0.15) is 19.7 Å². The van der Waals surface area contributed by atoms with Gasteiger partial charge in [0.2, 0.25) is 0 Å². The fraction of sp³-hybridized carbons (Fsp3) is 0.533. The molecule has 1 heterocycles. The van der Waals surface area contributed by atoms with Crippen molar-refractivity contribution in [3.8, 4) is 0 Å². The molecule has 110 valence electrons. The van der Waals surface area contributed by atoms with Gasteiger partial charge in [-0.3, -0.25) is 0 Å². The van der Waals surface area contributed by atoms with Crippen LogP contribution in [0.5, 0.6) is 0 Å². The lowest BCUT2D eigenvalue weighted by Gasteiger charge is -2.17. The van der Waals surface area contributed by atoms with Crippen molar-refractivity contribution in [2.24, 2.45) is 7.05 Å². The van der Waals surface area contributed by atoms with Crippen molar-refractivity contribution in [2.75, 3.05) is 19.8 Å². The Labute approximate surface area is 119 Å². The van der Waals surface area contributed by atoms with Crippen molar-refractivity contribution >= 4 is 11.0 Å². The third-order valence-corrected chi connectivity index (χ3v) is 3.18. The van der Waals surface area contributed by atoms with Crippen LogP contribution in [-0.4, -0.2) is 35.6 Å². The molecule has 0 saturated heterocycles. The number of rotatable bonds is 8. The van der Waals surface area contributed by atoms with E-state index in [9.17, 15) is 0 Å². The topological polar surface area (TPSA) is 48.3 Å². The summed E-state index contributed by atoms with van der Waals surface area (Å²) >= 11 is 0. The predicted octanol–water partition coefficient (Wildman–Crippen LogP) is 2.06. The van der Waals surface area contributed by atoms with Crippen LogP contribution < -0.4 is 5.32 Å². The summed E-state index contributed by atoms with van der Waals surface area (Å²) in [6.07, 6.45) is -0.195. The number of imidazole rings is 1. The molecule has 0 atom stereocenters. The number of para-hydroxylation sites is 2. The lowest BCUT2D eigenvalue weighted by atomic mass is 10.3. The Morgan fingerprint density at radius 2 is 1.90 bits per heavy atom. The van der Waals surface area contributed by atoms with E-state index in [4.69, 9.17) is 9.47 Å². The van der Waals surface area contributed by atoms with Crippen molar-refractivity contribution in [1.29, 1.82) is 0 Å². The molecule has 2 rings (SSSR count). The highest BCUT2D eigenvalue weighted by atomic mass is 16.7. The molecule has 0 aliphatic carbocycles. The van der Waals surface area contributed by atoms with E-state index in [-0.39, 0.29) is 6.29 Å². The molecule has 1 aromatic heterocycles. The maximum absolute atomic E-state index is 5.50. The number of hydrogen-bond donors (Lipinski definition) is 1. The number of benzene rings is 1. The first-order valence-electron chi connectivity index (χ1n) is 7.10. The summed E-state index contributed by atoms with van der Waals surface area (Å²) in [6.45, 7) is 6.60. The van der Waals surface area contributed by atoms with E-state index in [0.717, 1.165) is 16.9 Å². The fourth-order valence-electron chi connectivity index (χ4n) is 2.19. The second kappa shape index (κ2) is 7.38. The Hall–Kier alpha value is -1.43. The zero-order chi connectivity index (χ0) is 14.4. The molecule has 0 amide bonds. The Kier molecular flexibility index (Phi) is 5.52. The van der Waals surface area contributed by atoms with Crippen molar-refractivity contribution in [3.63, 3.8) is 0 Å². The highest BCUT2D eigenvalue weighted by Gasteiger charge is 2.10. The molecule has 2 aromatic rings. The Morgan fingerprint density at radius 1 is 1.20 bits per heavy atom. The molecule has 5 heteroatoms. The van der Waals surface area contributed by atoms with Crippen molar-refractivity contribution < 1.29 is 9.47 Å². The molecule has 0 aliphatic heterocycles. The third kappa shape index (κ3) is 3.56. The van der Waals surface area contributed by atoms with Gasteiger partial charge in [-0.25, -0.2) is 4.98 Å². The minimum absolute atomic E-state index is 0.195. The quantitative estimate of drug-likeness (QED) is 0.750. The molecule has 0 aliphatic rings. The first-order valence-corrected chi connectivity index (χ1v) is 7.10. The summed E-state index contributed by atoms with van der Waals surface area (Å²) in [7, 11) is 2.04. The number of aromatic nitrogens is 2. The molecule has 0 bridgehead atoms. The van der Waals surface area contributed by atoms with Crippen LogP contribution in [0.4, 0.5) is 0 Å². The Morgan fingerprint density at radius 3 is 2.55 bits per heavy atom. The van der Waals surface area contributed by atoms with Gasteiger partial charge < -0.3 is 19.4 Å².